The average Bonchev–Trinajstić information content (AvgIpc) is 2.14. The van der Waals surface area contributed by atoms with Crippen molar-refractivity contribution in [1.82, 2.24) is 10.2 Å². The van der Waals surface area contributed by atoms with Crippen LogP contribution in [-0.4, -0.2) is 36.1 Å². The van der Waals surface area contributed by atoms with Crippen LogP contribution in [0.4, 0.5) is 0 Å². The third kappa shape index (κ3) is 1.82. The highest BCUT2D eigenvalue weighted by molar-refractivity contribution is 5.02. The van der Waals surface area contributed by atoms with Crippen molar-refractivity contribution in [2.24, 2.45) is 0 Å². The van der Waals surface area contributed by atoms with Crippen molar-refractivity contribution in [1.29, 1.82) is 0 Å². The predicted octanol–water partition coefficient (Wildman–Crippen LogP) is 2.00. The molecule has 1 N–H and O–H groups in total. The van der Waals surface area contributed by atoms with Crippen molar-refractivity contribution in [3.05, 3.63) is 0 Å². The van der Waals surface area contributed by atoms with Crippen LogP contribution in [0.5, 0.6) is 0 Å². The summed E-state index contributed by atoms with van der Waals surface area (Å²) < 4.78 is 0. The molecule has 0 radical (unpaired) electrons. The number of hydrogen-bond donors (Lipinski definition) is 1. The van der Waals surface area contributed by atoms with Crippen LogP contribution in [-0.2, 0) is 0 Å². The molecule has 2 fully saturated rings. The fraction of sp³-hybridized carbons (Fsp3) is 1.00. The van der Waals surface area contributed by atoms with Crippen LogP contribution in [0.3, 0.4) is 0 Å². The fourth-order valence-electron chi connectivity index (χ4n) is 3.12. The van der Waals surface area contributed by atoms with E-state index in [0.717, 1.165) is 0 Å². The SMILES string of the molecule is CN1CC(C)(C)NCC12CCCCC2. The van der Waals surface area contributed by atoms with Gasteiger partial charge in [-0.2, -0.15) is 0 Å². The van der Waals surface area contributed by atoms with Crippen molar-refractivity contribution in [3.8, 4) is 0 Å². The van der Waals surface area contributed by atoms with Gasteiger partial charge in [0, 0.05) is 24.2 Å². The number of likely N-dealkylation sites (N-methyl/N-ethyl adjacent to an activating group) is 1. The molecule has 1 aliphatic carbocycles. The largest absolute Gasteiger partial charge is 0.309 e. The Bertz CT molecular complexity index is 204. The molecule has 2 aliphatic rings. The van der Waals surface area contributed by atoms with Crippen LogP contribution in [0.2, 0.25) is 0 Å². The first-order valence-electron chi connectivity index (χ1n) is 6.00. The zero-order chi connectivity index (χ0) is 10.2. The summed E-state index contributed by atoms with van der Waals surface area (Å²) in [5, 5.41) is 3.71. The smallest absolute Gasteiger partial charge is 0.0331 e. The number of nitrogens with one attached hydrogen (secondary N) is 1. The molecule has 0 amide bonds. The van der Waals surface area contributed by atoms with E-state index in [-0.39, 0.29) is 0 Å². The van der Waals surface area contributed by atoms with Crippen molar-refractivity contribution >= 4 is 0 Å². The number of piperazine rings is 1. The van der Waals surface area contributed by atoms with Gasteiger partial charge in [0.25, 0.3) is 0 Å². The molecule has 2 heteroatoms. The van der Waals surface area contributed by atoms with Gasteiger partial charge in [-0.3, -0.25) is 4.90 Å². The Morgan fingerprint density at radius 1 is 1.07 bits per heavy atom. The normalized spacial score (nSPS) is 31.9. The minimum absolute atomic E-state index is 0.303. The lowest BCUT2D eigenvalue weighted by atomic mass is 9.77. The second kappa shape index (κ2) is 3.49. The predicted molar refractivity (Wildman–Crippen MR) is 60.5 cm³/mol. The van der Waals surface area contributed by atoms with Gasteiger partial charge in [0.2, 0.25) is 0 Å². The average molecular weight is 196 g/mol. The minimum atomic E-state index is 0.303. The van der Waals surface area contributed by atoms with Gasteiger partial charge in [-0.1, -0.05) is 19.3 Å². The number of nitrogens with zero attached hydrogens (tertiary/aromatic N) is 1. The summed E-state index contributed by atoms with van der Waals surface area (Å²) >= 11 is 0. The van der Waals surface area contributed by atoms with Crippen molar-refractivity contribution in [3.63, 3.8) is 0 Å². The van der Waals surface area contributed by atoms with Gasteiger partial charge in [-0.05, 0) is 33.7 Å². The molecule has 1 saturated carbocycles. The van der Waals surface area contributed by atoms with E-state index in [1.165, 1.54) is 45.2 Å². The quantitative estimate of drug-likeness (QED) is 0.637. The summed E-state index contributed by atoms with van der Waals surface area (Å²) in [5.41, 5.74) is 0.797. The summed E-state index contributed by atoms with van der Waals surface area (Å²) in [6, 6.07) is 0. The Kier molecular flexibility index (Phi) is 2.61. The second-order valence-electron chi connectivity index (χ2n) is 5.88. The van der Waals surface area contributed by atoms with Gasteiger partial charge in [-0.25, -0.2) is 0 Å². The monoisotopic (exact) mass is 196 g/mol. The maximum atomic E-state index is 3.71. The molecule has 0 atom stereocenters. The van der Waals surface area contributed by atoms with E-state index in [0.29, 0.717) is 11.1 Å². The third-order valence-corrected chi connectivity index (χ3v) is 4.12. The van der Waals surface area contributed by atoms with Gasteiger partial charge >= 0.3 is 0 Å². The summed E-state index contributed by atoms with van der Waals surface area (Å²) in [5.74, 6) is 0. The van der Waals surface area contributed by atoms with E-state index in [1.54, 1.807) is 0 Å². The molecule has 0 bridgehead atoms. The lowest BCUT2D eigenvalue weighted by Crippen LogP contribution is -2.67. The lowest BCUT2D eigenvalue weighted by molar-refractivity contribution is 0.0106. The number of hydrogen-bond acceptors (Lipinski definition) is 2. The Hall–Kier alpha value is -0.0800. The van der Waals surface area contributed by atoms with E-state index in [4.69, 9.17) is 0 Å². The van der Waals surface area contributed by atoms with Gasteiger partial charge in [0.1, 0.15) is 0 Å². The minimum Gasteiger partial charge on any atom is -0.309 e. The Balaban J connectivity index is 2.06. The van der Waals surface area contributed by atoms with Crippen LogP contribution in [0, 0.1) is 0 Å². The first-order chi connectivity index (χ1) is 6.54. The molecule has 0 aromatic heterocycles. The van der Waals surface area contributed by atoms with Crippen molar-refractivity contribution in [2.45, 2.75) is 57.0 Å². The first kappa shape index (κ1) is 10.4. The summed E-state index contributed by atoms with van der Waals surface area (Å²) in [6.45, 7) is 6.99. The molecule has 82 valence electrons. The molecule has 1 heterocycles. The Morgan fingerprint density at radius 3 is 2.29 bits per heavy atom. The standard InChI is InChI=1S/C12H24N2/c1-11(2)10-14(3)12(9-13-11)7-5-4-6-8-12/h13H,4-10H2,1-3H3. The topological polar surface area (TPSA) is 15.3 Å². The second-order valence-corrected chi connectivity index (χ2v) is 5.88. The van der Waals surface area contributed by atoms with E-state index in [1.807, 2.05) is 0 Å². The molecular formula is C12H24N2. The molecule has 0 aromatic rings. The Morgan fingerprint density at radius 2 is 1.71 bits per heavy atom. The van der Waals surface area contributed by atoms with E-state index < -0.39 is 0 Å². The maximum Gasteiger partial charge on any atom is 0.0331 e. The van der Waals surface area contributed by atoms with Gasteiger partial charge in [0.15, 0.2) is 0 Å². The molecule has 0 unspecified atom stereocenters. The number of rotatable bonds is 0. The zero-order valence-electron chi connectivity index (χ0n) is 9.90. The van der Waals surface area contributed by atoms with Crippen LogP contribution in [0.25, 0.3) is 0 Å². The molecule has 1 aliphatic heterocycles. The van der Waals surface area contributed by atoms with Gasteiger partial charge < -0.3 is 5.32 Å². The highest BCUT2D eigenvalue weighted by Crippen LogP contribution is 2.35. The third-order valence-electron chi connectivity index (χ3n) is 4.12. The molecular weight excluding hydrogens is 172 g/mol. The molecule has 14 heavy (non-hydrogen) atoms. The highest BCUT2D eigenvalue weighted by Gasteiger charge is 2.42. The van der Waals surface area contributed by atoms with Gasteiger partial charge in [0.05, 0.1) is 0 Å². The van der Waals surface area contributed by atoms with Crippen molar-refractivity contribution < 1.29 is 0 Å². The summed E-state index contributed by atoms with van der Waals surface area (Å²) in [7, 11) is 2.31. The van der Waals surface area contributed by atoms with E-state index in [9.17, 15) is 0 Å². The summed E-state index contributed by atoms with van der Waals surface area (Å²) in [4.78, 5) is 2.61. The van der Waals surface area contributed by atoms with Crippen LogP contribution < -0.4 is 5.32 Å². The zero-order valence-corrected chi connectivity index (χ0v) is 9.90. The van der Waals surface area contributed by atoms with Crippen LogP contribution in [0.1, 0.15) is 46.0 Å². The lowest BCUT2D eigenvalue weighted by Gasteiger charge is -2.53. The van der Waals surface area contributed by atoms with Crippen LogP contribution in [0.15, 0.2) is 0 Å². The van der Waals surface area contributed by atoms with E-state index in [2.05, 4.69) is 31.1 Å². The molecule has 0 aromatic carbocycles. The maximum absolute atomic E-state index is 3.71. The first-order valence-corrected chi connectivity index (χ1v) is 6.00. The van der Waals surface area contributed by atoms with Crippen LogP contribution >= 0.6 is 0 Å². The van der Waals surface area contributed by atoms with Gasteiger partial charge in [-0.15, -0.1) is 0 Å². The van der Waals surface area contributed by atoms with Crippen molar-refractivity contribution in [2.75, 3.05) is 20.1 Å². The molecule has 2 rings (SSSR count). The van der Waals surface area contributed by atoms with E-state index >= 15 is 0 Å². The molecule has 2 nitrogen and oxygen atoms in total. The molecule has 1 saturated heterocycles. The Labute approximate surface area is 88.1 Å². The molecule has 1 spiro atoms. The fourth-order valence-corrected chi connectivity index (χ4v) is 3.12. The summed E-state index contributed by atoms with van der Waals surface area (Å²) in [6.07, 6.45) is 7.08. The highest BCUT2D eigenvalue weighted by atomic mass is 15.3.